The molecule has 0 aliphatic carbocycles. The first-order valence-corrected chi connectivity index (χ1v) is 16.6. The first-order valence-electron chi connectivity index (χ1n) is 14.0. The molecular weight excluding hydrogens is 657 g/mol. The molecule has 236 valence electrons. The van der Waals surface area contributed by atoms with E-state index in [0.29, 0.717) is 27.9 Å². The average molecular weight is 689 g/mol. The maximum absolute atomic E-state index is 14.4. The van der Waals surface area contributed by atoms with Crippen molar-refractivity contribution in [2.75, 3.05) is 24.5 Å². The molecule has 0 unspecified atom stereocenters. The highest BCUT2D eigenvalue weighted by molar-refractivity contribution is 7.92. The van der Waals surface area contributed by atoms with Crippen LogP contribution in [0.15, 0.2) is 102 Å². The van der Waals surface area contributed by atoms with Gasteiger partial charge in [0.1, 0.15) is 18.3 Å². The van der Waals surface area contributed by atoms with Gasteiger partial charge in [-0.2, -0.15) is 0 Å². The number of nitrogens with one attached hydrogen (secondary N) is 1. The molecule has 0 spiro atoms. The first-order chi connectivity index (χ1) is 21.5. The molecule has 0 radical (unpaired) electrons. The van der Waals surface area contributed by atoms with E-state index in [0.717, 1.165) is 9.87 Å². The van der Waals surface area contributed by atoms with Crippen LogP contribution in [0.25, 0.3) is 0 Å². The maximum atomic E-state index is 14.4. The molecule has 0 aliphatic rings. The first kappa shape index (κ1) is 34.1. The van der Waals surface area contributed by atoms with Crippen molar-refractivity contribution in [3.63, 3.8) is 0 Å². The number of methoxy groups -OCH3 is 1. The fraction of sp³-hybridized carbons (Fsp3) is 0.212. The van der Waals surface area contributed by atoms with Crippen LogP contribution in [0.4, 0.5) is 5.69 Å². The minimum Gasteiger partial charge on any atom is -0.495 e. The smallest absolute Gasteiger partial charge is 0.264 e. The predicted octanol–water partition coefficient (Wildman–Crippen LogP) is 6.63. The normalized spacial score (nSPS) is 11.8. The molecule has 0 fully saturated rings. The SMILES string of the molecule is CCNC(=O)[C@@H](Cc1ccccc1)N(Cc1ccc(Cl)cc1Cl)C(=O)CN(c1ccc(OC)c(Cl)c1)S(=O)(=O)c1ccccc1. The van der Waals surface area contributed by atoms with Crippen LogP contribution in [0, 0.1) is 0 Å². The lowest BCUT2D eigenvalue weighted by atomic mass is 10.0. The van der Waals surface area contributed by atoms with Gasteiger partial charge in [-0.15, -0.1) is 0 Å². The van der Waals surface area contributed by atoms with Gasteiger partial charge in [0.05, 0.1) is 22.7 Å². The number of sulfonamides is 1. The van der Waals surface area contributed by atoms with E-state index in [9.17, 15) is 18.0 Å². The standard InChI is InChI=1S/C33H32Cl3N3O5S/c1-3-37-33(41)30(18-23-10-6-4-7-11-23)38(21-24-14-15-25(34)19-28(24)35)32(40)22-39(26-16-17-31(44-2)29(36)20-26)45(42,43)27-12-8-5-9-13-27/h4-17,19-20,30H,3,18,21-22H2,1-2H3,(H,37,41)/t30-/m1/s1. The number of carbonyl (C=O) groups is 2. The summed E-state index contributed by atoms with van der Waals surface area (Å²) < 4.78 is 34.4. The third-order valence-corrected chi connectivity index (χ3v) is 9.68. The van der Waals surface area contributed by atoms with Crippen LogP contribution in [-0.4, -0.2) is 51.4 Å². The Hall–Kier alpha value is -3.76. The van der Waals surface area contributed by atoms with E-state index in [1.807, 2.05) is 30.3 Å². The Balaban J connectivity index is 1.83. The molecule has 2 amide bonds. The number of amides is 2. The summed E-state index contributed by atoms with van der Waals surface area (Å²) in [5.74, 6) is -0.702. The van der Waals surface area contributed by atoms with Crippen molar-refractivity contribution in [3.05, 3.63) is 123 Å². The van der Waals surface area contributed by atoms with Gasteiger partial charge in [0.2, 0.25) is 11.8 Å². The van der Waals surface area contributed by atoms with E-state index < -0.39 is 34.4 Å². The molecular formula is C33H32Cl3N3O5S. The summed E-state index contributed by atoms with van der Waals surface area (Å²) in [5.41, 5.74) is 1.48. The van der Waals surface area contributed by atoms with Crippen molar-refractivity contribution in [2.24, 2.45) is 0 Å². The van der Waals surface area contributed by atoms with Gasteiger partial charge < -0.3 is 15.0 Å². The molecule has 1 N–H and O–H groups in total. The number of anilines is 1. The number of likely N-dealkylation sites (N-methyl/N-ethyl adjacent to an activating group) is 1. The number of benzene rings is 4. The number of ether oxygens (including phenoxy) is 1. The van der Waals surface area contributed by atoms with Gasteiger partial charge in [-0.1, -0.05) is 89.4 Å². The molecule has 8 nitrogen and oxygen atoms in total. The van der Waals surface area contributed by atoms with Crippen molar-refractivity contribution >= 4 is 62.3 Å². The van der Waals surface area contributed by atoms with Crippen LogP contribution < -0.4 is 14.4 Å². The Kier molecular flexibility index (Phi) is 11.7. The van der Waals surface area contributed by atoms with E-state index >= 15 is 0 Å². The molecule has 4 aromatic rings. The minimum atomic E-state index is -4.28. The summed E-state index contributed by atoms with van der Waals surface area (Å²) in [6.45, 7) is 1.37. The Morgan fingerprint density at radius 1 is 0.867 bits per heavy atom. The highest BCUT2D eigenvalue weighted by Crippen LogP contribution is 2.32. The number of halogens is 3. The van der Waals surface area contributed by atoms with Crippen molar-refractivity contribution in [1.29, 1.82) is 0 Å². The van der Waals surface area contributed by atoms with Crippen molar-refractivity contribution < 1.29 is 22.7 Å². The summed E-state index contributed by atoms with van der Waals surface area (Å²) >= 11 is 19.1. The summed E-state index contributed by atoms with van der Waals surface area (Å²) in [5, 5.41) is 3.68. The molecule has 0 aliphatic heterocycles. The molecule has 12 heteroatoms. The predicted molar refractivity (Wildman–Crippen MR) is 179 cm³/mol. The summed E-state index contributed by atoms with van der Waals surface area (Å²) in [6.07, 6.45) is 0.170. The Morgan fingerprint density at radius 3 is 2.13 bits per heavy atom. The number of carbonyl (C=O) groups excluding carboxylic acids is 2. The monoisotopic (exact) mass is 687 g/mol. The summed E-state index contributed by atoms with van der Waals surface area (Å²) in [6, 6.07) is 25.3. The van der Waals surface area contributed by atoms with Gasteiger partial charge in [-0.25, -0.2) is 8.42 Å². The molecule has 0 heterocycles. The summed E-state index contributed by atoms with van der Waals surface area (Å²) in [7, 11) is -2.84. The topological polar surface area (TPSA) is 96.0 Å². The second kappa shape index (κ2) is 15.5. The van der Waals surface area contributed by atoms with E-state index in [1.54, 1.807) is 43.3 Å². The average Bonchev–Trinajstić information content (AvgIpc) is 3.03. The highest BCUT2D eigenvalue weighted by Gasteiger charge is 2.35. The minimum absolute atomic E-state index is 0.0263. The van der Waals surface area contributed by atoms with Gasteiger partial charge >= 0.3 is 0 Å². The largest absolute Gasteiger partial charge is 0.495 e. The van der Waals surface area contributed by atoms with Crippen LogP contribution in [0.5, 0.6) is 5.75 Å². The lowest BCUT2D eigenvalue weighted by Gasteiger charge is -2.34. The van der Waals surface area contributed by atoms with Gasteiger partial charge in [0, 0.05) is 29.6 Å². The van der Waals surface area contributed by atoms with Gasteiger partial charge in [-0.3, -0.25) is 13.9 Å². The lowest BCUT2D eigenvalue weighted by Crippen LogP contribution is -2.53. The molecule has 45 heavy (non-hydrogen) atoms. The van der Waals surface area contributed by atoms with Gasteiger partial charge in [-0.05, 0) is 60.5 Å². The number of hydrogen-bond donors (Lipinski definition) is 1. The zero-order valence-corrected chi connectivity index (χ0v) is 27.7. The molecule has 0 bridgehead atoms. The number of nitrogens with zero attached hydrogens (tertiary/aromatic N) is 2. The zero-order valence-electron chi connectivity index (χ0n) is 24.6. The van der Waals surface area contributed by atoms with Gasteiger partial charge in [0.15, 0.2) is 0 Å². The van der Waals surface area contributed by atoms with Crippen molar-refractivity contribution in [2.45, 2.75) is 30.8 Å². The molecule has 4 aromatic carbocycles. The van der Waals surface area contributed by atoms with Gasteiger partial charge in [0.25, 0.3) is 10.0 Å². The second-order valence-electron chi connectivity index (χ2n) is 10.0. The summed E-state index contributed by atoms with van der Waals surface area (Å²) in [4.78, 5) is 29.4. The van der Waals surface area contributed by atoms with Crippen LogP contribution >= 0.6 is 34.8 Å². The molecule has 0 aromatic heterocycles. The highest BCUT2D eigenvalue weighted by atomic mass is 35.5. The number of hydrogen-bond acceptors (Lipinski definition) is 5. The Bertz CT molecular complexity index is 1740. The Labute approximate surface area is 278 Å². The van der Waals surface area contributed by atoms with Crippen LogP contribution in [0.3, 0.4) is 0 Å². The van der Waals surface area contributed by atoms with Crippen molar-refractivity contribution in [1.82, 2.24) is 10.2 Å². The lowest BCUT2D eigenvalue weighted by molar-refractivity contribution is -0.140. The molecule has 4 rings (SSSR count). The number of rotatable bonds is 13. The molecule has 1 atom stereocenters. The van der Waals surface area contributed by atoms with E-state index in [4.69, 9.17) is 39.5 Å². The van der Waals surface area contributed by atoms with Crippen LogP contribution in [0.2, 0.25) is 15.1 Å². The van der Waals surface area contributed by atoms with E-state index in [-0.39, 0.29) is 28.6 Å². The molecule has 0 saturated heterocycles. The maximum Gasteiger partial charge on any atom is 0.264 e. The van der Waals surface area contributed by atoms with E-state index in [2.05, 4.69) is 5.32 Å². The zero-order chi connectivity index (χ0) is 32.6. The second-order valence-corrected chi connectivity index (χ2v) is 13.1. The fourth-order valence-electron chi connectivity index (χ4n) is 4.74. The third kappa shape index (κ3) is 8.49. The third-order valence-electron chi connectivity index (χ3n) is 7.01. The Morgan fingerprint density at radius 2 is 1.53 bits per heavy atom. The van der Waals surface area contributed by atoms with Crippen LogP contribution in [0.1, 0.15) is 18.1 Å². The molecule has 0 saturated carbocycles. The van der Waals surface area contributed by atoms with Crippen molar-refractivity contribution in [3.8, 4) is 5.75 Å². The quantitative estimate of drug-likeness (QED) is 0.170. The fourth-order valence-corrected chi connectivity index (χ4v) is 6.89. The van der Waals surface area contributed by atoms with E-state index in [1.165, 1.54) is 42.3 Å². The van der Waals surface area contributed by atoms with Crippen LogP contribution in [-0.2, 0) is 32.6 Å².